The van der Waals surface area contributed by atoms with E-state index in [1.54, 1.807) is 0 Å². The zero-order chi connectivity index (χ0) is 69.4. The Labute approximate surface area is 573 Å². The fraction of sp³-hybridized carbons (Fsp3) is 0.893. The molecule has 0 rings (SSSR count). The highest BCUT2D eigenvalue weighted by Gasteiger charge is 2.30. The number of allylic oxidation sites excluding steroid dienone is 4. The second kappa shape index (κ2) is 65.2. The molecule has 94 heavy (non-hydrogen) atoms. The third-order valence-corrected chi connectivity index (χ3v) is 19.0. The molecule has 0 saturated carbocycles. The summed E-state index contributed by atoms with van der Waals surface area (Å²) in [6.45, 7) is 11.8. The maximum absolute atomic E-state index is 13.1. The van der Waals surface area contributed by atoms with Crippen LogP contribution in [0.4, 0.5) is 0 Å². The quantitative estimate of drug-likeness (QED) is 0.0169. The fourth-order valence-corrected chi connectivity index (χ4v) is 12.4. The molecule has 3 N–H and O–H groups in total. The summed E-state index contributed by atoms with van der Waals surface area (Å²) in [6, 6.07) is 0. The number of ether oxygens (including phenoxy) is 4. The number of esters is 4. The Hall–Kier alpha value is -2.46. The number of aliphatic hydroxyl groups is 1. The summed E-state index contributed by atoms with van der Waals surface area (Å²) in [5, 5.41) is 10.6. The van der Waals surface area contributed by atoms with Crippen LogP contribution >= 0.6 is 15.6 Å². The first-order valence-corrected chi connectivity index (χ1v) is 41.2. The lowest BCUT2D eigenvalue weighted by Gasteiger charge is -2.21. The van der Waals surface area contributed by atoms with Crippen molar-refractivity contribution in [2.24, 2.45) is 17.8 Å². The first-order chi connectivity index (χ1) is 45.3. The van der Waals surface area contributed by atoms with Gasteiger partial charge >= 0.3 is 39.5 Å². The van der Waals surface area contributed by atoms with E-state index < -0.39 is 97.5 Å². The second-order valence-electron chi connectivity index (χ2n) is 27.5. The Bertz CT molecular complexity index is 1930. The lowest BCUT2D eigenvalue weighted by atomic mass is 10.00. The zero-order valence-electron chi connectivity index (χ0n) is 60.9. The van der Waals surface area contributed by atoms with Gasteiger partial charge in [-0.25, -0.2) is 9.13 Å². The molecule has 0 spiro atoms. The summed E-state index contributed by atoms with van der Waals surface area (Å²) in [5.41, 5.74) is 0. The van der Waals surface area contributed by atoms with Gasteiger partial charge in [0.05, 0.1) is 26.4 Å². The minimum atomic E-state index is -4.96. The van der Waals surface area contributed by atoms with E-state index in [1.807, 2.05) is 0 Å². The van der Waals surface area contributed by atoms with E-state index in [0.29, 0.717) is 25.7 Å². The van der Waals surface area contributed by atoms with Gasteiger partial charge in [0.25, 0.3) is 0 Å². The number of rotatable bonds is 71. The number of unbranched alkanes of at least 4 members (excludes halogenated alkanes) is 35. The molecule has 0 bridgehead atoms. The Morgan fingerprint density at radius 2 is 0.628 bits per heavy atom. The monoisotopic (exact) mass is 1380 g/mol. The predicted molar refractivity (Wildman–Crippen MR) is 381 cm³/mol. The second-order valence-corrected chi connectivity index (χ2v) is 30.5. The number of hydrogen-bond donors (Lipinski definition) is 3. The van der Waals surface area contributed by atoms with Crippen LogP contribution in [0.15, 0.2) is 24.3 Å². The average Bonchev–Trinajstić information content (AvgIpc) is 1.27. The first-order valence-electron chi connectivity index (χ1n) is 38.2. The van der Waals surface area contributed by atoms with Crippen LogP contribution < -0.4 is 0 Å². The van der Waals surface area contributed by atoms with Crippen molar-refractivity contribution in [3.8, 4) is 0 Å². The van der Waals surface area contributed by atoms with Gasteiger partial charge in [0.2, 0.25) is 0 Å². The summed E-state index contributed by atoms with van der Waals surface area (Å²) in [4.78, 5) is 72.7. The number of carbonyl (C=O) groups is 4. The largest absolute Gasteiger partial charge is 0.472 e. The Balaban J connectivity index is 5.29. The smallest absolute Gasteiger partial charge is 0.462 e. The molecule has 0 saturated heterocycles. The summed E-state index contributed by atoms with van der Waals surface area (Å²) in [6.07, 6.45) is 53.5. The van der Waals surface area contributed by atoms with Gasteiger partial charge < -0.3 is 33.8 Å². The van der Waals surface area contributed by atoms with Crippen molar-refractivity contribution in [3.05, 3.63) is 24.3 Å². The average molecular weight is 1380 g/mol. The lowest BCUT2D eigenvalue weighted by Crippen LogP contribution is -2.30. The first kappa shape index (κ1) is 91.5. The van der Waals surface area contributed by atoms with Crippen LogP contribution in [0.25, 0.3) is 0 Å². The van der Waals surface area contributed by atoms with Crippen LogP contribution in [0.3, 0.4) is 0 Å². The zero-order valence-corrected chi connectivity index (χ0v) is 62.7. The third-order valence-electron chi connectivity index (χ3n) is 17.1. The standard InChI is InChI=1S/C75H142O17P2/c1-8-10-11-12-13-14-15-16-17-20-23-30-35-44-51-58-75(80)92-71(63-86-73(78)57-50-43-38-37-41-48-55-68(7)9-2)65-90-94(83,84)88-61-69(76)60-87-93(81,82)89-64-70(62-85-72(77)56-49-42-34-29-26-25-28-33-40-47-54-67(5)6)91-74(79)59-52-45-36-31-24-21-18-19-22-27-32-39-46-53-66(3)4/h14-17,66-71,76H,8-13,18-65H2,1-7H3,(H,81,82)(H,83,84)/b15-14-,17-16-/t68?,69-,70-,71-/m1/s1. The molecule has 0 radical (unpaired) electrons. The molecule has 0 aliphatic rings. The molecule has 0 aliphatic carbocycles. The molecule has 0 amide bonds. The van der Waals surface area contributed by atoms with Crippen LogP contribution in [0.1, 0.15) is 357 Å². The van der Waals surface area contributed by atoms with Gasteiger partial charge in [-0.15, -0.1) is 0 Å². The van der Waals surface area contributed by atoms with E-state index in [0.717, 1.165) is 127 Å². The van der Waals surface area contributed by atoms with Crippen LogP contribution in [-0.2, 0) is 65.4 Å². The number of aliphatic hydroxyl groups excluding tert-OH is 1. The van der Waals surface area contributed by atoms with Crippen molar-refractivity contribution in [1.82, 2.24) is 0 Å². The highest BCUT2D eigenvalue weighted by molar-refractivity contribution is 7.47. The van der Waals surface area contributed by atoms with Gasteiger partial charge in [0, 0.05) is 25.7 Å². The topological polar surface area (TPSA) is 237 Å². The summed E-state index contributed by atoms with van der Waals surface area (Å²) < 4.78 is 68.4. The molecular formula is C75H142O17P2. The molecule has 0 fully saturated rings. The van der Waals surface area contributed by atoms with E-state index in [-0.39, 0.29) is 25.7 Å². The highest BCUT2D eigenvalue weighted by Crippen LogP contribution is 2.45. The molecule has 6 atom stereocenters. The van der Waals surface area contributed by atoms with Crippen molar-refractivity contribution < 1.29 is 80.2 Å². The fourth-order valence-electron chi connectivity index (χ4n) is 10.9. The van der Waals surface area contributed by atoms with Gasteiger partial charge in [-0.1, -0.05) is 304 Å². The molecule has 0 aromatic carbocycles. The number of phosphoric acid groups is 2. The van der Waals surface area contributed by atoms with Crippen LogP contribution in [0.5, 0.6) is 0 Å². The van der Waals surface area contributed by atoms with Crippen molar-refractivity contribution >= 4 is 39.5 Å². The normalized spacial score (nSPS) is 14.6. The van der Waals surface area contributed by atoms with E-state index in [9.17, 15) is 43.2 Å². The molecule has 19 heteroatoms. The van der Waals surface area contributed by atoms with Gasteiger partial charge in [-0.3, -0.25) is 37.3 Å². The number of hydrogen-bond acceptors (Lipinski definition) is 15. The molecule has 0 aromatic heterocycles. The van der Waals surface area contributed by atoms with Crippen LogP contribution in [0, 0.1) is 17.8 Å². The highest BCUT2D eigenvalue weighted by atomic mass is 31.2. The molecule has 0 aliphatic heterocycles. The lowest BCUT2D eigenvalue weighted by molar-refractivity contribution is -0.161. The predicted octanol–water partition coefficient (Wildman–Crippen LogP) is 21.3. The molecule has 3 unspecified atom stereocenters. The van der Waals surface area contributed by atoms with Crippen LogP contribution in [-0.4, -0.2) is 96.7 Å². The van der Waals surface area contributed by atoms with E-state index in [2.05, 4.69) is 72.8 Å². The van der Waals surface area contributed by atoms with E-state index in [4.69, 9.17) is 37.0 Å². The Morgan fingerprint density at radius 1 is 0.351 bits per heavy atom. The maximum atomic E-state index is 13.1. The molecular weight excluding hydrogens is 1230 g/mol. The maximum Gasteiger partial charge on any atom is 0.472 e. The Morgan fingerprint density at radius 3 is 0.947 bits per heavy atom. The minimum absolute atomic E-state index is 0.0838. The van der Waals surface area contributed by atoms with Gasteiger partial charge in [-0.05, 0) is 69.1 Å². The van der Waals surface area contributed by atoms with Gasteiger partial charge in [0.15, 0.2) is 12.2 Å². The van der Waals surface area contributed by atoms with Crippen molar-refractivity contribution in [2.45, 2.75) is 375 Å². The number of carbonyl (C=O) groups excluding carboxylic acids is 4. The summed E-state index contributed by atoms with van der Waals surface area (Å²) >= 11 is 0. The Kier molecular flexibility index (Phi) is 63.5. The minimum Gasteiger partial charge on any atom is -0.462 e. The molecule has 0 aromatic rings. The van der Waals surface area contributed by atoms with Crippen molar-refractivity contribution in [3.63, 3.8) is 0 Å². The van der Waals surface area contributed by atoms with Crippen molar-refractivity contribution in [1.29, 1.82) is 0 Å². The van der Waals surface area contributed by atoms with Gasteiger partial charge in [-0.2, -0.15) is 0 Å². The summed E-state index contributed by atoms with van der Waals surface area (Å²) in [5.74, 6) is 0.119. The van der Waals surface area contributed by atoms with Crippen LogP contribution in [0.2, 0.25) is 0 Å². The van der Waals surface area contributed by atoms with Gasteiger partial charge in [0.1, 0.15) is 19.3 Å². The number of phosphoric ester groups is 2. The van der Waals surface area contributed by atoms with E-state index >= 15 is 0 Å². The molecule has 554 valence electrons. The molecule has 17 nitrogen and oxygen atoms in total. The SMILES string of the molecule is CCCCCC/C=C\C=C/CCCCCCCC(=O)O[C@H](COC(=O)CCCCCCCCC(C)CC)COP(=O)(O)OC[C@H](O)COP(=O)(O)OC[C@@H](COC(=O)CCCCCCCCCCCCC(C)C)OC(=O)CCCCCCCCCCCCCCCC(C)C. The molecule has 0 heterocycles. The van der Waals surface area contributed by atoms with Crippen molar-refractivity contribution in [2.75, 3.05) is 39.6 Å². The summed E-state index contributed by atoms with van der Waals surface area (Å²) in [7, 11) is -9.92. The van der Waals surface area contributed by atoms with E-state index in [1.165, 1.54) is 148 Å². The third kappa shape index (κ3) is 66.8.